The van der Waals surface area contributed by atoms with Gasteiger partial charge in [0, 0.05) is 49.7 Å². The maximum atomic E-state index is 13.4. The van der Waals surface area contributed by atoms with E-state index in [1.54, 1.807) is 22.6 Å². The number of ether oxygens (including phenoxy) is 1. The van der Waals surface area contributed by atoms with E-state index < -0.39 is 18.0 Å². The Labute approximate surface area is 192 Å². The van der Waals surface area contributed by atoms with Gasteiger partial charge in [-0.1, -0.05) is 12.1 Å². The van der Waals surface area contributed by atoms with Crippen molar-refractivity contribution in [2.45, 2.75) is 38.4 Å². The standard InChI is InChI=1S/C25H29N3O5/c1-14(30)28-22-19(20(13-29)23(28)24(31)26-11-15-6-7-15)12-27-21(22)9-8-18(25(27)32)16-4-3-5-17(10-16)33-2/h3-5,8-10,15,19-20,22-23,29H,6-7,11-13H2,1-2H3,(H,26,31)/t19-,20-,22+,23-/m0/s1. The van der Waals surface area contributed by atoms with Crippen molar-refractivity contribution in [1.29, 1.82) is 0 Å². The molecule has 8 nitrogen and oxygen atoms in total. The third-order valence-electron chi connectivity index (χ3n) is 7.35. The predicted octanol–water partition coefficient (Wildman–Crippen LogP) is 1.56. The average molecular weight is 452 g/mol. The van der Waals surface area contributed by atoms with Crippen LogP contribution in [0.5, 0.6) is 5.75 Å². The normalized spacial score (nSPS) is 25.5. The highest BCUT2D eigenvalue weighted by Crippen LogP contribution is 2.49. The number of carbonyl (C=O) groups is 2. The number of aromatic nitrogens is 1. The Morgan fingerprint density at radius 3 is 2.67 bits per heavy atom. The molecule has 174 valence electrons. The maximum absolute atomic E-state index is 13.4. The summed E-state index contributed by atoms with van der Waals surface area (Å²) in [5.74, 6) is 0.0965. The molecule has 1 saturated carbocycles. The zero-order valence-corrected chi connectivity index (χ0v) is 18.9. The molecule has 3 heterocycles. The number of rotatable bonds is 6. The summed E-state index contributed by atoms with van der Waals surface area (Å²) in [6.07, 6.45) is 2.23. The summed E-state index contributed by atoms with van der Waals surface area (Å²) < 4.78 is 6.99. The molecular formula is C25H29N3O5. The molecule has 33 heavy (non-hydrogen) atoms. The lowest BCUT2D eigenvalue weighted by molar-refractivity contribution is -0.140. The van der Waals surface area contributed by atoms with Gasteiger partial charge in [0.1, 0.15) is 11.8 Å². The number of aliphatic hydroxyl groups is 1. The van der Waals surface area contributed by atoms with Crippen molar-refractivity contribution in [2.24, 2.45) is 17.8 Å². The number of hydrogen-bond donors (Lipinski definition) is 2. The van der Waals surface area contributed by atoms with Crippen LogP contribution in [0.4, 0.5) is 0 Å². The fourth-order valence-corrected chi connectivity index (χ4v) is 5.53. The minimum atomic E-state index is -0.733. The molecule has 4 atom stereocenters. The van der Waals surface area contributed by atoms with Crippen LogP contribution >= 0.6 is 0 Å². The molecule has 1 aliphatic carbocycles. The molecule has 0 radical (unpaired) electrons. The van der Waals surface area contributed by atoms with Crippen LogP contribution in [0.15, 0.2) is 41.2 Å². The molecule has 1 aromatic carbocycles. The van der Waals surface area contributed by atoms with Gasteiger partial charge < -0.3 is 24.6 Å². The Morgan fingerprint density at radius 2 is 2.00 bits per heavy atom. The largest absolute Gasteiger partial charge is 0.497 e. The Bertz CT molecular complexity index is 1150. The van der Waals surface area contributed by atoms with Crippen molar-refractivity contribution >= 4 is 11.8 Å². The number of pyridine rings is 1. The number of nitrogens with zero attached hydrogens (tertiary/aromatic N) is 2. The summed E-state index contributed by atoms with van der Waals surface area (Å²) in [5, 5.41) is 13.2. The van der Waals surface area contributed by atoms with E-state index in [9.17, 15) is 19.5 Å². The van der Waals surface area contributed by atoms with Crippen LogP contribution in [0.1, 0.15) is 31.5 Å². The quantitative estimate of drug-likeness (QED) is 0.694. The summed E-state index contributed by atoms with van der Waals surface area (Å²) in [4.78, 5) is 40.8. The number of fused-ring (bicyclic) bond motifs is 3. The highest BCUT2D eigenvalue weighted by Gasteiger charge is 2.56. The van der Waals surface area contributed by atoms with E-state index in [4.69, 9.17) is 4.74 Å². The fourth-order valence-electron chi connectivity index (χ4n) is 5.53. The van der Waals surface area contributed by atoms with Crippen molar-refractivity contribution in [1.82, 2.24) is 14.8 Å². The van der Waals surface area contributed by atoms with Crippen molar-refractivity contribution in [2.75, 3.05) is 20.3 Å². The minimum absolute atomic E-state index is 0.148. The summed E-state index contributed by atoms with van der Waals surface area (Å²) >= 11 is 0. The van der Waals surface area contributed by atoms with Crippen molar-refractivity contribution in [3.63, 3.8) is 0 Å². The van der Waals surface area contributed by atoms with Gasteiger partial charge in [-0.2, -0.15) is 0 Å². The van der Waals surface area contributed by atoms with Crippen LogP contribution in [0.2, 0.25) is 0 Å². The van der Waals surface area contributed by atoms with E-state index in [1.807, 2.05) is 30.3 Å². The van der Waals surface area contributed by atoms with Crippen LogP contribution in [-0.2, 0) is 16.1 Å². The Morgan fingerprint density at radius 1 is 1.21 bits per heavy atom. The third kappa shape index (κ3) is 3.62. The highest BCUT2D eigenvalue weighted by molar-refractivity contribution is 5.88. The maximum Gasteiger partial charge on any atom is 0.258 e. The van der Waals surface area contributed by atoms with Crippen molar-refractivity contribution in [3.8, 4) is 16.9 Å². The first-order valence-electron chi connectivity index (χ1n) is 11.5. The van der Waals surface area contributed by atoms with Gasteiger partial charge in [0.25, 0.3) is 5.56 Å². The summed E-state index contributed by atoms with van der Waals surface area (Å²) in [6.45, 7) is 2.19. The van der Waals surface area contributed by atoms with E-state index >= 15 is 0 Å². The Hall–Kier alpha value is -3.13. The number of benzene rings is 1. The molecule has 1 aromatic heterocycles. The molecule has 8 heteroatoms. The molecule has 0 bridgehead atoms. The van der Waals surface area contributed by atoms with Gasteiger partial charge in [0.05, 0.1) is 13.2 Å². The first-order valence-corrected chi connectivity index (χ1v) is 11.5. The number of methoxy groups -OCH3 is 1. The summed E-state index contributed by atoms with van der Waals surface area (Å²) in [6, 6.07) is 9.84. The molecule has 2 amide bonds. The topological polar surface area (TPSA) is 101 Å². The molecule has 3 aliphatic rings. The smallest absolute Gasteiger partial charge is 0.258 e. The van der Waals surface area contributed by atoms with E-state index in [0.29, 0.717) is 36.0 Å². The Kier molecular flexibility index (Phi) is 5.48. The van der Waals surface area contributed by atoms with Crippen LogP contribution in [0, 0.1) is 17.8 Å². The van der Waals surface area contributed by atoms with Gasteiger partial charge in [-0.3, -0.25) is 14.4 Å². The number of aliphatic hydroxyl groups excluding tert-OH is 1. The fraction of sp³-hybridized carbons (Fsp3) is 0.480. The predicted molar refractivity (Wildman–Crippen MR) is 122 cm³/mol. The molecule has 1 saturated heterocycles. The average Bonchev–Trinajstić information content (AvgIpc) is 3.48. The first-order chi connectivity index (χ1) is 15.9. The molecule has 0 spiro atoms. The van der Waals surface area contributed by atoms with E-state index in [0.717, 1.165) is 18.4 Å². The lowest BCUT2D eigenvalue weighted by atomic mass is 9.88. The monoisotopic (exact) mass is 451 g/mol. The van der Waals surface area contributed by atoms with Gasteiger partial charge in [-0.25, -0.2) is 0 Å². The molecular weight excluding hydrogens is 422 g/mol. The molecule has 0 unspecified atom stereocenters. The zero-order chi connectivity index (χ0) is 23.3. The number of likely N-dealkylation sites (tertiary alicyclic amines) is 1. The summed E-state index contributed by atoms with van der Waals surface area (Å²) in [5.41, 5.74) is 1.87. The highest BCUT2D eigenvalue weighted by atomic mass is 16.5. The van der Waals surface area contributed by atoms with Crippen LogP contribution in [0.3, 0.4) is 0 Å². The molecule has 5 rings (SSSR count). The molecule has 2 aliphatic heterocycles. The van der Waals surface area contributed by atoms with E-state index in [2.05, 4.69) is 5.32 Å². The third-order valence-corrected chi connectivity index (χ3v) is 7.35. The molecule has 2 fully saturated rings. The molecule has 2 aromatic rings. The second-order valence-electron chi connectivity index (χ2n) is 9.33. The number of carbonyl (C=O) groups excluding carboxylic acids is 2. The van der Waals surface area contributed by atoms with Crippen LogP contribution < -0.4 is 15.6 Å². The van der Waals surface area contributed by atoms with Gasteiger partial charge in [-0.05, 0) is 48.6 Å². The lowest BCUT2D eigenvalue weighted by Crippen LogP contribution is -2.50. The number of hydrogen-bond acceptors (Lipinski definition) is 5. The van der Waals surface area contributed by atoms with Crippen molar-refractivity contribution < 1.29 is 19.4 Å². The van der Waals surface area contributed by atoms with Gasteiger partial charge in [0.2, 0.25) is 11.8 Å². The second-order valence-corrected chi connectivity index (χ2v) is 9.33. The zero-order valence-electron chi connectivity index (χ0n) is 18.9. The van der Waals surface area contributed by atoms with Gasteiger partial charge >= 0.3 is 0 Å². The summed E-state index contributed by atoms with van der Waals surface area (Å²) in [7, 11) is 1.58. The SMILES string of the molecule is COc1cccc(-c2ccc3n(c2=O)C[C@H]2[C@H](CO)[C@@H](C(=O)NCC4CC4)N(C(C)=O)[C@@H]32)c1. The Balaban J connectivity index is 1.51. The molecule has 2 N–H and O–H groups in total. The van der Waals surface area contributed by atoms with Crippen molar-refractivity contribution in [3.05, 3.63) is 52.4 Å². The van der Waals surface area contributed by atoms with Gasteiger partial charge in [0.15, 0.2) is 0 Å². The number of amides is 2. The first kappa shape index (κ1) is 21.7. The number of nitrogens with one attached hydrogen (secondary N) is 1. The van der Waals surface area contributed by atoms with E-state index in [1.165, 1.54) is 6.92 Å². The minimum Gasteiger partial charge on any atom is -0.497 e. The van der Waals surface area contributed by atoms with E-state index in [-0.39, 0.29) is 29.9 Å². The van der Waals surface area contributed by atoms with Gasteiger partial charge in [-0.15, -0.1) is 0 Å². The van der Waals surface area contributed by atoms with Crippen LogP contribution in [0.25, 0.3) is 11.1 Å². The lowest BCUT2D eigenvalue weighted by Gasteiger charge is -2.30. The second kappa shape index (κ2) is 8.33. The van der Waals surface area contributed by atoms with Crippen LogP contribution in [-0.4, -0.2) is 52.7 Å².